The standard InChI is InChI=1S/C10H10BrN3OS/c1-15-7-14-12-9(11)10(13-14)16-8-5-3-2-4-6-8/h2-6H,7H2,1H3. The van der Waals surface area contributed by atoms with Crippen LogP contribution < -0.4 is 0 Å². The number of aromatic nitrogens is 3. The quantitative estimate of drug-likeness (QED) is 0.870. The minimum atomic E-state index is 0.355. The average molecular weight is 300 g/mol. The van der Waals surface area contributed by atoms with E-state index in [-0.39, 0.29) is 0 Å². The molecule has 0 atom stereocenters. The maximum atomic E-state index is 4.95. The fraction of sp³-hybridized carbons (Fsp3) is 0.200. The fourth-order valence-electron chi connectivity index (χ4n) is 1.15. The van der Waals surface area contributed by atoms with Gasteiger partial charge in [-0.15, -0.1) is 10.2 Å². The fourth-order valence-corrected chi connectivity index (χ4v) is 2.43. The third-order valence-corrected chi connectivity index (χ3v) is 3.56. The maximum Gasteiger partial charge on any atom is 0.162 e. The average Bonchev–Trinajstić information content (AvgIpc) is 2.61. The number of methoxy groups -OCH3 is 1. The highest BCUT2D eigenvalue weighted by molar-refractivity contribution is 9.10. The lowest BCUT2D eigenvalue weighted by molar-refractivity contribution is 0.107. The molecular weight excluding hydrogens is 290 g/mol. The molecule has 16 heavy (non-hydrogen) atoms. The summed E-state index contributed by atoms with van der Waals surface area (Å²) in [6.07, 6.45) is 0. The lowest BCUT2D eigenvalue weighted by Crippen LogP contribution is -2.03. The van der Waals surface area contributed by atoms with Crippen LogP contribution in [0.2, 0.25) is 0 Å². The summed E-state index contributed by atoms with van der Waals surface area (Å²) in [7, 11) is 1.61. The predicted octanol–water partition coefficient (Wildman–Crippen LogP) is 2.80. The Balaban J connectivity index is 2.15. The number of rotatable bonds is 4. The van der Waals surface area contributed by atoms with Crippen molar-refractivity contribution in [1.29, 1.82) is 0 Å². The van der Waals surface area contributed by atoms with Gasteiger partial charge in [-0.2, -0.15) is 4.80 Å². The van der Waals surface area contributed by atoms with Crippen molar-refractivity contribution in [3.63, 3.8) is 0 Å². The summed E-state index contributed by atoms with van der Waals surface area (Å²) in [6, 6.07) is 10.0. The van der Waals surface area contributed by atoms with Crippen LogP contribution in [-0.4, -0.2) is 22.1 Å². The van der Waals surface area contributed by atoms with Crippen molar-refractivity contribution in [3.05, 3.63) is 34.9 Å². The van der Waals surface area contributed by atoms with E-state index < -0.39 is 0 Å². The molecule has 4 nitrogen and oxygen atoms in total. The van der Waals surface area contributed by atoms with E-state index in [2.05, 4.69) is 26.1 Å². The molecule has 6 heteroatoms. The Morgan fingerprint density at radius 2 is 2.06 bits per heavy atom. The largest absolute Gasteiger partial charge is 0.361 e. The summed E-state index contributed by atoms with van der Waals surface area (Å²) in [5.74, 6) is 0. The Morgan fingerprint density at radius 1 is 1.31 bits per heavy atom. The summed E-state index contributed by atoms with van der Waals surface area (Å²) in [6.45, 7) is 0.355. The number of benzene rings is 1. The van der Waals surface area contributed by atoms with Crippen LogP contribution >= 0.6 is 27.7 Å². The first-order chi connectivity index (χ1) is 7.79. The topological polar surface area (TPSA) is 39.9 Å². The van der Waals surface area contributed by atoms with E-state index in [9.17, 15) is 0 Å². The van der Waals surface area contributed by atoms with Crippen molar-refractivity contribution < 1.29 is 4.74 Å². The van der Waals surface area contributed by atoms with Gasteiger partial charge in [0.15, 0.2) is 16.4 Å². The van der Waals surface area contributed by atoms with Gasteiger partial charge in [0, 0.05) is 12.0 Å². The Kier molecular flexibility index (Phi) is 3.98. The Bertz CT molecular complexity index is 460. The summed E-state index contributed by atoms with van der Waals surface area (Å²) in [4.78, 5) is 2.64. The van der Waals surface area contributed by atoms with Gasteiger partial charge in [0.1, 0.15) is 0 Å². The van der Waals surface area contributed by atoms with Gasteiger partial charge < -0.3 is 4.74 Å². The lowest BCUT2D eigenvalue weighted by Gasteiger charge is -1.96. The Labute approximate surface area is 106 Å². The minimum absolute atomic E-state index is 0.355. The molecule has 0 fully saturated rings. The molecule has 2 aromatic rings. The Morgan fingerprint density at radius 3 is 2.75 bits per heavy atom. The first-order valence-corrected chi connectivity index (χ1v) is 6.23. The van der Waals surface area contributed by atoms with Crippen LogP contribution in [0.1, 0.15) is 0 Å². The molecule has 0 spiro atoms. The van der Waals surface area contributed by atoms with E-state index in [4.69, 9.17) is 4.74 Å². The smallest absolute Gasteiger partial charge is 0.162 e. The highest BCUT2D eigenvalue weighted by atomic mass is 79.9. The van der Waals surface area contributed by atoms with Gasteiger partial charge >= 0.3 is 0 Å². The van der Waals surface area contributed by atoms with Crippen molar-refractivity contribution in [3.8, 4) is 0 Å². The third-order valence-electron chi connectivity index (χ3n) is 1.79. The van der Waals surface area contributed by atoms with E-state index >= 15 is 0 Å². The van der Waals surface area contributed by atoms with E-state index in [1.54, 1.807) is 18.9 Å². The van der Waals surface area contributed by atoms with Gasteiger partial charge in [-0.1, -0.05) is 30.0 Å². The number of halogens is 1. The molecule has 0 bridgehead atoms. The number of nitrogens with zero attached hydrogens (tertiary/aromatic N) is 3. The molecule has 1 heterocycles. The summed E-state index contributed by atoms with van der Waals surface area (Å²) >= 11 is 4.94. The molecule has 84 valence electrons. The monoisotopic (exact) mass is 299 g/mol. The van der Waals surface area contributed by atoms with Crippen LogP contribution in [-0.2, 0) is 11.5 Å². The van der Waals surface area contributed by atoms with E-state index in [0.717, 1.165) is 14.5 Å². The molecule has 1 aromatic heterocycles. The number of hydrogen-bond acceptors (Lipinski definition) is 4. The SMILES string of the molecule is COCn1nc(Br)c(Sc2ccccc2)n1. The van der Waals surface area contributed by atoms with Crippen molar-refractivity contribution >= 4 is 27.7 Å². The minimum Gasteiger partial charge on any atom is -0.361 e. The van der Waals surface area contributed by atoms with Crippen LogP contribution in [0, 0.1) is 0 Å². The first-order valence-electron chi connectivity index (χ1n) is 4.62. The number of ether oxygens (including phenoxy) is 1. The van der Waals surface area contributed by atoms with Gasteiger partial charge in [-0.3, -0.25) is 0 Å². The summed E-state index contributed by atoms with van der Waals surface area (Å²) in [5, 5.41) is 9.30. The van der Waals surface area contributed by atoms with Gasteiger partial charge in [-0.25, -0.2) is 0 Å². The third kappa shape index (κ3) is 2.84. The van der Waals surface area contributed by atoms with Crippen LogP contribution in [0.5, 0.6) is 0 Å². The van der Waals surface area contributed by atoms with Crippen molar-refractivity contribution in [2.75, 3.05) is 7.11 Å². The zero-order valence-corrected chi connectivity index (χ0v) is 11.0. The predicted molar refractivity (Wildman–Crippen MR) is 65.3 cm³/mol. The van der Waals surface area contributed by atoms with Crippen LogP contribution in [0.4, 0.5) is 0 Å². The molecule has 0 unspecified atom stereocenters. The molecule has 0 saturated heterocycles. The molecule has 0 aliphatic carbocycles. The Hall–Kier alpha value is -0.850. The second-order valence-electron chi connectivity index (χ2n) is 3.00. The molecule has 0 radical (unpaired) electrons. The molecule has 0 aliphatic heterocycles. The molecule has 0 aliphatic rings. The van der Waals surface area contributed by atoms with Crippen LogP contribution in [0.25, 0.3) is 0 Å². The zero-order valence-electron chi connectivity index (χ0n) is 8.63. The maximum absolute atomic E-state index is 4.95. The van der Waals surface area contributed by atoms with Gasteiger partial charge in [0.05, 0.1) is 0 Å². The second-order valence-corrected chi connectivity index (χ2v) is 4.81. The van der Waals surface area contributed by atoms with Gasteiger partial charge in [-0.05, 0) is 28.1 Å². The normalized spacial score (nSPS) is 10.6. The van der Waals surface area contributed by atoms with Crippen molar-refractivity contribution in [2.24, 2.45) is 0 Å². The number of hydrogen-bond donors (Lipinski definition) is 0. The van der Waals surface area contributed by atoms with Gasteiger partial charge in [0.25, 0.3) is 0 Å². The lowest BCUT2D eigenvalue weighted by atomic mass is 10.4. The first kappa shape index (κ1) is 11.6. The summed E-state index contributed by atoms with van der Waals surface area (Å²) in [5.41, 5.74) is 0. The van der Waals surface area contributed by atoms with Crippen LogP contribution in [0.3, 0.4) is 0 Å². The van der Waals surface area contributed by atoms with E-state index in [1.165, 1.54) is 4.80 Å². The molecule has 1 aromatic carbocycles. The molecular formula is C10H10BrN3OS. The molecule has 0 saturated carbocycles. The molecule has 0 amide bonds. The highest BCUT2D eigenvalue weighted by Gasteiger charge is 2.09. The van der Waals surface area contributed by atoms with E-state index in [0.29, 0.717) is 6.73 Å². The van der Waals surface area contributed by atoms with Crippen LogP contribution in [0.15, 0.2) is 44.9 Å². The van der Waals surface area contributed by atoms with Gasteiger partial charge in [0.2, 0.25) is 0 Å². The molecule has 2 rings (SSSR count). The summed E-state index contributed by atoms with van der Waals surface area (Å²) < 4.78 is 5.69. The molecule has 0 N–H and O–H groups in total. The second kappa shape index (κ2) is 5.47. The highest BCUT2D eigenvalue weighted by Crippen LogP contribution is 2.30. The van der Waals surface area contributed by atoms with Crippen molar-refractivity contribution in [2.45, 2.75) is 16.7 Å². The van der Waals surface area contributed by atoms with Crippen molar-refractivity contribution in [1.82, 2.24) is 15.0 Å². The van der Waals surface area contributed by atoms with E-state index in [1.807, 2.05) is 30.3 Å². The zero-order chi connectivity index (χ0) is 11.4.